The van der Waals surface area contributed by atoms with Crippen molar-refractivity contribution >= 4 is 11.9 Å². The van der Waals surface area contributed by atoms with Crippen molar-refractivity contribution in [2.45, 2.75) is 73.8 Å². The van der Waals surface area contributed by atoms with Gasteiger partial charge in [-0.05, 0) is 57.3 Å². The van der Waals surface area contributed by atoms with Crippen LogP contribution in [0.2, 0.25) is 0 Å². The second-order valence-corrected chi connectivity index (χ2v) is 9.71. The number of primary amides is 1. The van der Waals surface area contributed by atoms with E-state index in [1.165, 1.54) is 0 Å². The van der Waals surface area contributed by atoms with Gasteiger partial charge in [0.1, 0.15) is 12.1 Å². The molecule has 9 nitrogen and oxygen atoms in total. The van der Waals surface area contributed by atoms with E-state index in [-0.39, 0.29) is 36.8 Å². The number of likely N-dealkylation sites (N-methyl/N-ethyl adjacent to an activating group) is 1. The van der Waals surface area contributed by atoms with E-state index in [4.69, 9.17) is 15.2 Å². The molecule has 1 amide bonds. The third kappa shape index (κ3) is 2.67. The Morgan fingerprint density at radius 3 is 2.88 bits per heavy atom. The van der Waals surface area contributed by atoms with Crippen LogP contribution in [-0.2, 0) is 26.2 Å². The second kappa shape index (κ2) is 7.33. The second-order valence-electron chi connectivity index (χ2n) is 9.71. The summed E-state index contributed by atoms with van der Waals surface area (Å²) in [5.41, 5.74) is 6.48. The molecule has 2 unspecified atom stereocenters. The van der Waals surface area contributed by atoms with Crippen molar-refractivity contribution in [3.8, 4) is 11.5 Å². The van der Waals surface area contributed by atoms with Crippen LogP contribution in [0.4, 0.5) is 0 Å². The Morgan fingerprint density at radius 2 is 2.19 bits per heavy atom. The van der Waals surface area contributed by atoms with Gasteiger partial charge in [0.2, 0.25) is 5.91 Å². The number of phenols is 1. The Morgan fingerprint density at radius 1 is 1.41 bits per heavy atom. The van der Waals surface area contributed by atoms with Crippen LogP contribution in [-0.4, -0.2) is 77.5 Å². The molecule has 2 heterocycles. The fourth-order valence-electron chi connectivity index (χ4n) is 7.13. The predicted molar refractivity (Wildman–Crippen MR) is 115 cm³/mol. The zero-order chi connectivity index (χ0) is 22.8. The summed E-state index contributed by atoms with van der Waals surface area (Å²) in [6.07, 6.45) is 2.74. The van der Waals surface area contributed by atoms with Crippen molar-refractivity contribution in [2.24, 2.45) is 5.73 Å². The molecule has 2 aliphatic carbocycles. The third-order valence-electron chi connectivity index (χ3n) is 8.45. The highest BCUT2D eigenvalue weighted by Crippen LogP contribution is 2.66. The van der Waals surface area contributed by atoms with Crippen LogP contribution >= 0.6 is 0 Å². The number of carbonyl (C=O) groups excluding carboxylic acids is 1. The number of hydrogen-bond donors (Lipinski definition) is 4. The summed E-state index contributed by atoms with van der Waals surface area (Å²) in [6, 6.07) is 2.66. The highest BCUT2D eigenvalue weighted by Gasteiger charge is 2.73. The molecule has 2 fully saturated rings. The Labute approximate surface area is 186 Å². The van der Waals surface area contributed by atoms with E-state index >= 15 is 0 Å². The van der Waals surface area contributed by atoms with Crippen molar-refractivity contribution in [3.63, 3.8) is 0 Å². The van der Waals surface area contributed by atoms with Crippen LogP contribution in [0.5, 0.6) is 11.5 Å². The number of nitrogens with two attached hydrogens (primary N) is 1. The molecule has 1 saturated carbocycles. The van der Waals surface area contributed by atoms with E-state index in [1.54, 1.807) is 13.2 Å². The Hall–Kier alpha value is -2.36. The Bertz CT molecular complexity index is 969. The van der Waals surface area contributed by atoms with Gasteiger partial charge in [-0.3, -0.25) is 14.9 Å². The van der Waals surface area contributed by atoms with Crippen molar-refractivity contribution in [2.75, 3.05) is 20.7 Å². The lowest BCUT2D eigenvalue weighted by molar-refractivity contribution is -0.204. The molecule has 1 saturated heterocycles. The average molecular weight is 446 g/mol. The van der Waals surface area contributed by atoms with Gasteiger partial charge in [-0.2, -0.15) is 0 Å². The smallest absolute Gasteiger partial charge is 0.320 e. The maximum absolute atomic E-state index is 11.9. The molecule has 0 aromatic heterocycles. The number of piperidine rings is 1. The summed E-state index contributed by atoms with van der Waals surface area (Å²) in [4.78, 5) is 25.5. The molecule has 2 aliphatic heterocycles. The van der Waals surface area contributed by atoms with Crippen LogP contribution in [0.15, 0.2) is 12.1 Å². The maximum Gasteiger partial charge on any atom is 0.320 e. The van der Waals surface area contributed by atoms with E-state index in [0.29, 0.717) is 12.2 Å². The molecule has 1 aromatic carbocycles. The number of likely N-dealkylation sites (tertiary alicyclic amines) is 1. The molecule has 32 heavy (non-hydrogen) atoms. The number of benzene rings is 1. The summed E-state index contributed by atoms with van der Waals surface area (Å²) in [5, 5.41) is 23.7. The molecule has 1 spiro atoms. The number of methoxy groups -OCH3 is 1. The number of carboxylic acid groups (broad SMARTS) is 1. The standard InChI is InChI=1S/C23H31N3O6/c1-26-10-9-22-18-12-3-5-15(27)19(18)32-20(22)13(7-8-23(22,31-2)16(26)11-12)25-14(21(29)30)4-6-17(24)28/h3,5,13-14,16,20,25,27H,4,6-11H2,1-2H3,(H2,24,28)(H,29,30)/t13-,14+,16?,20+,22?,23-/m1/s1. The number of aromatic hydroxyl groups is 1. The number of hydrogen-bond acceptors (Lipinski definition) is 7. The topological polar surface area (TPSA) is 134 Å². The number of nitrogens with zero attached hydrogens (tertiary/aromatic N) is 1. The van der Waals surface area contributed by atoms with Crippen LogP contribution in [0, 0.1) is 0 Å². The quantitative estimate of drug-likeness (QED) is 0.477. The summed E-state index contributed by atoms with van der Waals surface area (Å²) in [7, 11) is 3.89. The van der Waals surface area contributed by atoms with Crippen molar-refractivity contribution in [1.82, 2.24) is 10.2 Å². The van der Waals surface area contributed by atoms with Gasteiger partial charge < -0.3 is 30.3 Å². The van der Waals surface area contributed by atoms with Crippen LogP contribution in [0.3, 0.4) is 0 Å². The van der Waals surface area contributed by atoms with Crippen molar-refractivity contribution < 1.29 is 29.3 Å². The van der Waals surface area contributed by atoms with Gasteiger partial charge in [0.05, 0.1) is 11.0 Å². The van der Waals surface area contributed by atoms with Gasteiger partial charge in [0.25, 0.3) is 0 Å². The first-order valence-corrected chi connectivity index (χ1v) is 11.3. The lowest BCUT2D eigenvalue weighted by Gasteiger charge is -2.65. The van der Waals surface area contributed by atoms with E-state index in [1.807, 2.05) is 6.07 Å². The number of nitrogens with one attached hydrogen (secondary N) is 1. The highest BCUT2D eigenvalue weighted by atomic mass is 16.5. The summed E-state index contributed by atoms with van der Waals surface area (Å²) in [5.74, 6) is -0.925. The molecule has 5 rings (SSSR count). The number of carbonyl (C=O) groups is 2. The van der Waals surface area contributed by atoms with Crippen molar-refractivity contribution in [1.29, 1.82) is 0 Å². The normalized spacial score (nSPS) is 35.6. The first kappa shape index (κ1) is 21.5. The highest BCUT2D eigenvalue weighted by molar-refractivity contribution is 5.77. The molecule has 1 aromatic rings. The Balaban J connectivity index is 1.59. The molecule has 2 bridgehead atoms. The fourth-order valence-corrected chi connectivity index (χ4v) is 7.13. The van der Waals surface area contributed by atoms with E-state index < -0.39 is 28.9 Å². The SMILES string of the molecule is CO[C@@]12CC[C@@H](N[C@@H](CCC(N)=O)C(=O)O)[C@@H]3Oc4c(O)ccc5c4C31CCN(C)C2C5. The van der Waals surface area contributed by atoms with E-state index in [2.05, 4.69) is 17.3 Å². The number of rotatable bonds is 7. The number of amides is 1. The molecule has 0 radical (unpaired) electrons. The molecular formula is C23H31N3O6. The molecule has 174 valence electrons. The first-order valence-electron chi connectivity index (χ1n) is 11.3. The maximum atomic E-state index is 11.9. The molecule has 5 N–H and O–H groups in total. The van der Waals surface area contributed by atoms with Crippen LogP contribution < -0.4 is 15.8 Å². The van der Waals surface area contributed by atoms with Gasteiger partial charge in [-0.1, -0.05) is 6.07 Å². The zero-order valence-corrected chi connectivity index (χ0v) is 18.5. The monoisotopic (exact) mass is 445 g/mol. The van der Waals surface area contributed by atoms with Gasteiger partial charge in [0, 0.05) is 31.2 Å². The number of phenolic OH excluding ortho intramolecular Hbond substituents is 1. The molecule has 9 heteroatoms. The number of ether oxygens (including phenoxy) is 2. The van der Waals surface area contributed by atoms with E-state index in [0.717, 1.165) is 36.9 Å². The van der Waals surface area contributed by atoms with Crippen LogP contribution in [0.1, 0.15) is 43.2 Å². The molecule has 6 atom stereocenters. The minimum atomic E-state index is -1.02. The zero-order valence-electron chi connectivity index (χ0n) is 18.5. The number of aliphatic carboxylic acids is 1. The van der Waals surface area contributed by atoms with Gasteiger partial charge in [-0.25, -0.2) is 0 Å². The van der Waals surface area contributed by atoms with Crippen molar-refractivity contribution in [3.05, 3.63) is 23.3 Å². The van der Waals surface area contributed by atoms with E-state index in [9.17, 15) is 19.8 Å². The largest absolute Gasteiger partial charge is 0.504 e. The fraction of sp³-hybridized carbons (Fsp3) is 0.652. The summed E-state index contributed by atoms with van der Waals surface area (Å²) >= 11 is 0. The van der Waals surface area contributed by atoms with Crippen LogP contribution in [0.25, 0.3) is 0 Å². The Kier molecular flexibility index (Phi) is 4.92. The van der Waals surface area contributed by atoms with Gasteiger partial charge in [-0.15, -0.1) is 0 Å². The minimum Gasteiger partial charge on any atom is -0.504 e. The molecule has 4 aliphatic rings. The lowest BCUT2D eigenvalue weighted by Crippen LogP contribution is -2.78. The predicted octanol–water partition coefficient (Wildman–Crippen LogP) is 0.507. The van der Waals surface area contributed by atoms with Gasteiger partial charge in [0.15, 0.2) is 11.5 Å². The summed E-state index contributed by atoms with van der Waals surface area (Å²) < 4.78 is 12.9. The summed E-state index contributed by atoms with van der Waals surface area (Å²) in [6.45, 7) is 0.862. The molecular weight excluding hydrogens is 414 g/mol. The average Bonchev–Trinajstić information content (AvgIpc) is 3.11. The minimum absolute atomic E-state index is 0.00655. The third-order valence-corrected chi connectivity index (χ3v) is 8.45. The first-order chi connectivity index (χ1) is 15.2. The van der Waals surface area contributed by atoms with Gasteiger partial charge >= 0.3 is 5.97 Å². The lowest BCUT2D eigenvalue weighted by atomic mass is 9.48. The number of carboxylic acids is 1.